The molecule has 4 aromatic heterocycles. The normalized spacial score (nSPS) is 11.1. The highest BCUT2D eigenvalue weighted by atomic mass is 79.9. The predicted molar refractivity (Wildman–Crippen MR) is 93.5 cm³/mol. The van der Waals surface area contributed by atoms with Gasteiger partial charge in [-0.3, -0.25) is 4.79 Å². The number of hydrogen-bond donors (Lipinski definition) is 2. The minimum Gasteiger partial charge on any atom is -0.369 e. The Balaban J connectivity index is 2.31. The molecule has 0 fully saturated rings. The molecule has 9 heteroatoms. The van der Waals surface area contributed by atoms with Crippen molar-refractivity contribution in [3.63, 3.8) is 0 Å². The second-order valence-corrected chi connectivity index (χ2v) is 7.44. The van der Waals surface area contributed by atoms with Gasteiger partial charge in [0.2, 0.25) is 5.82 Å². The van der Waals surface area contributed by atoms with E-state index in [0.29, 0.717) is 21.6 Å². The molecule has 0 spiro atoms. The fourth-order valence-electron chi connectivity index (χ4n) is 2.48. The predicted octanol–water partition coefficient (Wildman–Crippen LogP) is 2.67. The van der Waals surface area contributed by atoms with Crippen LogP contribution in [-0.2, 0) is 0 Å². The molecule has 0 saturated carbocycles. The molecule has 0 aliphatic heterocycles. The molecule has 6 nitrogen and oxygen atoms in total. The molecule has 0 atom stereocenters. The van der Waals surface area contributed by atoms with Gasteiger partial charge in [0, 0.05) is 25.7 Å². The Hall–Kier alpha value is -2.28. The third kappa shape index (κ3) is 2.07. The Morgan fingerprint density at radius 1 is 1.43 bits per heavy atom. The van der Waals surface area contributed by atoms with Crippen LogP contribution in [0.25, 0.3) is 26.4 Å². The van der Waals surface area contributed by atoms with Crippen LogP contribution in [0.4, 0.5) is 5.82 Å². The summed E-state index contributed by atoms with van der Waals surface area (Å²) in [6.45, 7) is 0. The van der Waals surface area contributed by atoms with Crippen molar-refractivity contribution in [1.29, 1.82) is 5.26 Å². The number of nitrogens with two attached hydrogens (primary N) is 1. The van der Waals surface area contributed by atoms with Gasteiger partial charge in [-0.15, -0.1) is 11.3 Å². The smallest absolute Gasteiger partial charge is 0.319 e. The van der Waals surface area contributed by atoms with Crippen LogP contribution in [0.1, 0.15) is 5.56 Å². The number of halogens is 1. The van der Waals surface area contributed by atoms with Crippen molar-refractivity contribution in [2.45, 2.75) is 0 Å². The van der Waals surface area contributed by atoms with Gasteiger partial charge in [-0.05, 0) is 22.0 Å². The van der Waals surface area contributed by atoms with Crippen LogP contribution in [0.2, 0.25) is 0 Å². The molecule has 0 aliphatic rings. The van der Waals surface area contributed by atoms with Crippen LogP contribution < -0.4 is 15.7 Å². The number of nitrogen functional groups attached to an aromatic ring is 1. The molecule has 23 heavy (non-hydrogen) atoms. The molecule has 0 radical (unpaired) electrons. The van der Waals surface area contributed by atoms with E-state index < -0.39 is 0 Å². The van der Waals surface area contributed by atoms with Gasteiger partial charge in [-0.25, -0.2) is 4.98 Å². The van der Waals surface area contributed by atoms with Crippen molar-refractivity contribution < 1.29 is 4.40 Å². The number of rotatable bonds is 1. The quantitative estimate of drug-likeness (QED) is 0.476. The molecule has 0 amide bonds. The third-order valence-corrected chi connectivity index (χ3v) is 5.90. The number of aromatic nitrogens is 3. The van der Waals surface area contributed by atoms with Crippen LogP contribution in [0.15, 0.2) is 32.3 Å². The number of H-pyrrole nitrogens is 1. The first-order valence-electron chi connectivity index (χ1n) is 6.39. The summed E-state index contributed by atoms with van der Waals surface area (Å²) < 4.78 is 2.65. The molecule has 3 N–H and O–H groups in total. The Kier molecular flexibility index (Phi) is 3.19. The maximum Gasteiger partial charge on any atom is 0.319 e. The van der Waals surface area contributed by atoms with Crippen molar-refractivity contribution in [1.82, 2.24) is 9.97 Å². The van der Waals surface area contributed by atoms with E-state index in [1.54, 1.807) is 4.40 Å². The SMILES string of the molecule is N#Cc1c(N)nc2c(c1-c1cc(Br)cs1)c(=O)[nH]c1scc[n+]12. The topological polar surface area (TPSA) is 99.7 Å². The highest BCUT2D eigenvalue weighted by Crippen LogP contribution is 2.36. The van der Waals surface area contributed by atoms with E-state index in [-0.39, 0.29) is 16.9 Å². The van der Waals surface area contributed by atoms with Gasteiger partial charge in [0.25, 0.3) is 10.6 Å². The van der Waals surface area contributed by atoms with Gasteiger partial charge in [-0.1, -0.05) is 16.3 Å². The minimum absolute atomic E-state index is 0.116. The van der Waals surface area contributed by atoms with Crippen LogP contribution in [-0.4, -0.2) is 9.97 Å². The number of anilines is 1. The number of hydrogen-bond acceptors (Lipinski definition) is 6. The lowest BCUT2D eigenvalue weighted by Crippen LogP contribution is -2.28. The second kappa shape index (κ2) is 5.13. The monoisotopic (exact) mass is 404 g/mol. The lowest BCUT2D eigenvalue weighted by Gasteiger charge is -2.05. The lowest BCUT2D eigenvalue weighted by atomic mass is 10.0. The first-order valence-corrected chi connectivity index (χ1v) is 8.94. The van der Waals surface area contributed by atoms with Gasteiger partial charge in [0.05, 0.1) is 6.20 Å². The molecular weight excluding hydrogens is 398 g/mol. The van der Waals surface area contributed by atoms with E-state index in [1.807, 2.05) is 23.0 Å². The summed E-state index contributed by atoms with van der Waals surface area (Å²) in [7, 11) is 0. The summed E-state index contributed by atoms with van der Waals surface area (Å²) in [4.78, 5) is 21.2. The maximum atomic E-state index is 12.6. The molecule has 4 aromatic rings. The minimum atomic E-state index is -0.286. The maximum absolute atomic E-state index is 12.6. The van der Waals surface area contributed by atoms with E-state index in [0.717, 1.165) is 9.35 Å². The fraction of sp³-hybridized carbons (Fsp3) is 0. The van der Waals surface area contributed by atoms with Crippen LogP contribution >= 0.6 is 38.6 Å². The van der Waals surface area contributed by atoms with Crippen molar-refractivity contribution in [3.8, 4) is 16.5 Å². The van der Waals surface area contributed by atoms with Crippen LogP contribution in [0.5, 0.6) is 0 Å². The summed E-state index contributed by atoms with van der Waals surface area (Å²) in [5.41, 5.74) is 6.88. The number of aromatic amines is 1. The molecule has 4 rings (SSSR count). The molecule has 0 aliphatic carbocycles. The second-order valence-electron chi connectivity index (χ2n) is 4.72. The third-order valence-electron chi connectivity index (χ3n) is 3.42. The molecule has 0 aromatic carbocycles. The average molecular weight is 405 g/mol. The zero-order valence-electron chi connectivity index (χ0n) is 11.3. The first kappa shape index (κ1) is 14.3. The van der Waals surface area contributed by atoms with Gasteiger partial charge in [-0.2, -0.15) is 9.66 Å². The number of nitriles is 1. The Morgan fingerprint density at radius 3 is 2.96 bits per heavy atom. The number of pyridine rings is 1. The highest BCUT2D eigenvalue weighted by Gasteiger charge is 2.25. The Bertz CT molecular complexity index is 1180. The summed E-state index contributed by atoms with van der Waals surface area (Å²) in [6, 6.07) is 3.94. The molecular formula is C14H7BrN5OS2+. The van der Waals surface area contributed by atoms with Crippen molar-refractivity contribution in [2.75, 3.05) is 5.73 Å². The van der Waals surface area contributed by atoms with Crippen LogP contribution in [0.3, 0.4) is 0 Å². The summed E-state index contributed by atoms with van der Waals surface area (Å²) >= 11 is 6.23. The first-order chi connectivity index (χ1) is 11.1. The fourth-order valence-corrected chi connectivity index (χ4v) is 4.69. The molecule has 4 heterocycles. The summed E-state index contributed by atoms with van der Waals surface area (Å²) in [5, 5.41) is 13.6. The number of nitrogens with one attached hydrogen (secondary N) is 1. The van der Waals surface area contributed by atoms with Crippen molar-refractivity contribution in [2.24, 2.45) is 0 Å². The van der Waals surface area contributed by atoms with Crippen molar-refractivity contribution in [3.05, 3.63) is 43.4 Å². The van der Waals surface area contributed by atoms with Gasteiger partial charge in [0.1, 0.15) is 17.0 Å². The number of thiazole rings is 1. The standard InChI is InChI=1S/C14H6BrN5OS2/c15-6-3-8(23-5-6)9-7(4-16)11(17)18-12-10(9)13(21)19-14-20(12)1-2-22-14/h1-3,5H,(H2,17,18,21)/p+1. The highest BCUT2D eigenvalue weighted by molar-refractivity contribution is 9.10. The zero-order chi connectivity index (χ0) is 16.1. The largest absolute Gasteiger partial charge is 0.369 e. The molecule has 0 bridgehead atoms. The number of nitrogens with zero attached hydrogens (tertiary/aromatic N) is 3. The number of thiophene rings is 1. The molecule has 0 unspecified atom stereocenters. The zero-order valence-corrected chi connectivity index (χ0v) is 14.6. The van der Waals surface area contributed by atoms with E-state index >= 15 is 0 Å². The molecule has 112 valence electrons. The van der Waals surface area contributed by atoms with Crippen LogP contribution in [0, 0.1) is 11.3 Å². The van der Waals surface area contributed by atoms with E-state index in [9.17, 15) is 10.1 Å². The average Bonchev–Trinajstić information content (AvgIpc) is 3.14. The molecule has 0 saturated heterocycles. The number of fused-ring (bicyclic) bond motifs is 3. The lowest BCUT2D eigenvalue weighted by molar-refractivity contribution is -0.482. The summed E-state index contributed by atoms with van der Waals surface area (Å²) in [5.74, 6) is 0.116. The van der Waals surface area contributed by atoms with Gasteiger partial charge >= 0.3 is 5.56 Å². The van der Waals surface area contributed by atoms with Crippen molar-refractivity contribution >= 4 is 60.4 Å². The van der Waals surface area contributed by atoms with E-state index in [4.69, 9.17) is 5.73 Å². The van der Waals surface area contributed by atoms with Gasteiger partial charge < -0.3 is 5.73 Å². The van der Waals surface area contributed by atoms with Gasteiger partial charge in [0.15, 0.2) is 0 Å². The van der Waals surface area contributed by atoms with E-state index in [1.165, 1.54) is 22.7 Å². The Labute approximate surface area is 145 Å². The Morgan fingerprint density at radius 2 is 2.26 bits per heavy atom. The van der Waals surface area contributed by atoms with E-state index in [2.05, 4.69) is 32.0 Å². The summed E-state index contributed by atoms with van der Waals surface area (Å²) in [6.07, 6.45) is 1.81.